The van der Waals surface area contributed by atoms with Crippen molar-refractivity contribution in [3.05, 3.63) is 95.9 Å². The van der Waals surface area contributed by atoms with Crippen molar-refractivity contribution in [3.63, 3.8) is 0 Å². The molecule has 0 fully saturated rings. The lowest BCUT2D eigenvalue weighted by molar-refractivity contribution is 0.0951. The van der Waals surface area contributed by atoms with Crippen LogP contribution in [0.2, 0.25) is 0 Å². The van der Waals surface area contributed by atoms with Crippen molar-refractivity contribution in [3.8, 4) is 5.75 Å². The van der Waals surface area contributed by atoms with Crippen molar-refractivity contribution in [2.45, 2.75) is 6.92 Å². The first-order chi connectivity index (χ1) is 15.0. The number of aromatic hydroxyl groups is 1. The summed E-state index contributed by atoms with van der Waals surface area (Å²) in [6.07, 6.45) is 1.43. The fourth-order valence-corrected chi connectivity index (χ4v) is 3.09. The molecular formula is C24H19N3O4. The molecule has 0 radical (unpaired) electrons. The number of anilines is 1. The molecule has 0 atom stereocenters. The number of phenolic OH excluding ortho intramolecular Hbond substituents is 1. The Morgan fingerprint density at radius 2 is 1.68 bits per heavy atom. The molecule has 2 amide bonds. The number of nitrogens with one attached hydrogen (secondary N) is 2. The fraction of sp³-hybridized carbons (Fsp3) is 0.0417. The number of phenols is 1. The van der Waals surface area contributed by atoms with Gasteiger partial charge in [-0.05, 0) is 59.7 Å². The second kappa shape index (κ2) is 8.54. The largest absolute Gasteiger partial charge is 0.507 e. The zero-order chi connectivity index (χ0) is 21.8. The molecule has 1 heterocycles. The second-order valence-corrected chi connectivity index (χ2v) is 6.87. The van der Waals surface area contributed by atoms with Crippen LogP contribution < -0.4 is 10.7 Å². The molecule has 0 bridgehead atoms. The number of carbonyl (C=O) groups is 2. The first-order valence-electron chi connectivity index (χ1n) is 9.53. The predicted molar refractivity (Wildman–Crippen MR) is 118 cm³/mol. The number of nitrogens with zero attached hydrogens (tertiary/aromatic N) is 1. The Kier molecular flexibility index (Phi) is 5.49. The normalized spacial score (nSPS) is 11.3. The Bertz CT molecular complexity index is 1290. The van der Waals surface area contributed by atoms with Crippen LogP contribution in [-0.4, -0.2) is 22.6 Å². The third-order valence-electron chi connectivity index (χ3n) is 4.72. The number of hydrazone groups is 1. The monoisotopic (exact) mass is 413 g/mol. The average molecular weight is 413 g/mol. The summed E-state index contributed by atoms with van der Waals surface area (Å²) in [5.41, 5.74) is 4.41. The zero-order valence-corrected chi connectivity index (χ0v) is 16.6. The number of furan rings is 1. The molecule has 0 saturated heterocycles. The molecule has 7 nitrogen and oxygen atoms in total. The van der Waals surface area contributed by atoms with E-state index in [4.69, 9.17) is 4.42 Å². The molecule has 4 aromatic rings. The molecule has 0 saturated carbocycles. The van der Waals surface area contributed by atoms with Gasteiger partial charge in [-0.25, -0.2) is 5.43 Å². The molecule has 1 aromatic heterocycles. The van der Waals surface area contributed by atoms with Gasteiger partial charge in [0.1, 0.15) is 5.75 Å². The highest BCUT2D eigenvalue weighted by molar-refractivity contribution is 6.05. The third kappa shape index (κ3) is 4.45. The van der Waals surface area contributed by atoms with Crippen LogP contribution >= 0.6 is 0 Å². The van der Waals surface area contributed by atoms with Gasteiger partial charge in [-0.2, -0.15) is 5.10 Å². The van der Waals surface area contributed by atoms with Crippen molar-refractivity contribution < 1.29 is 19.1 Å². The Morgan fingerprint density at radius 1 is 0.903 bits per heavy atom. The Morgan fingerprint density at radius 3 is 2.42 bits per heavy atom. The predicted octanol–water partition coefficient (Wildman–Crippen LogP) is 4.54. The molecule has 31 heavy (non-hydrogen) atoms. The Labute approximate surface area is 178 Å². The molecule has 0 spiro atoms. The maximum absolute atomic E-state index is 12.5. The number of hydrogen-bond acceptors (Lipinski definition) is 5. The zero-order valence-electron chi connectivity index (χ0n) is 16.6. The summed E-state index contributed by atoms with van der Waals surface area (Å²) in [4.78, 5) is 24.7. The summed E-state index contributed by atoms with van der Waals surface area (Å²) in [6.45, 7) is 1.73. The first-order valence-corrected chi connectivity index (χ1v) is 9.53. The van der Waals surface area contributed by atoms with E-state index in [-0.39, 0.29) is 23.0 Å². The van der Waals surface area contributed by atoms with E-state index in [0.29, 0.717) is 17.0 Å². The summed E-state index contributed by atoms with van der Waals surface area (Å²) in [6, 6.07) is 20.9. The number of fused-ring (bicyclic) bond motifs is 1. The van der Waals surface area contributed by atoms with Crippen molar-refractivity contribution in [2.24, 2.45) is 5.10 Å². The average Bonchev–Trinajstić information content (AvgIpc) is 3.32. The lowest BCUT2D eigenvalue weighted by Gasteiger charge is -2.08. The Balaban J connectivity index is 1.49. The third-order valence-corrected chi connectivity index (χ3v) is 4.72. The van der Waals surface area contributed by atoms with Crippen molar-refractivity contribution in [1.82, 2.24) is 5.43 Å². The molecular weight excluding hydrogens is 394 g/mol. The molecule has 3 aromatic carbocycles. The van der Waals surface area contributed by atoms with Gasteiger partial charge in [0, 0.05) is 5.69 Å². The molecule has 7 heteroatoms. The van der Waals surface area contributed by atoms with E-state index in [9.17, 15) is 14.7 Å². The van der Waals surface area contributed by atoms with Crippen LogP contribution in [0.1, 0.15) is 33.4 Å². The highest BCUT2D eigenvalue weighted by Crippen LogP contribution is 2.25. The number of rotatable bonds is 5. The second-order valence-electron chi connectivity index (χ2n) is 6.87. The van der Waals surface area contributed by atoms with Gasteiger partial charge in [0.15, 0.2) is 5.76 Å². The molecule has 0 aliphatic carbocycles. The maximum atomic E-state index is 12.5. The molecule has 0 aliphatic heterocycles. The number of benzene rings is 3. The summed E-state index contributed by atoms with van der Waals surface area (Å²) in [5, 5.41) is 18.8. The standard InChI is InChI=1S/C24H19N3O4/c1-15(16-8-4-9-19(12-16)25-24(30)22-10-5-11-31-22)26-27-23(29)20-13-17-6-2-3-7-18(17)14-21(20)28/h2-14,28H,1H3,(H,25,30)(H,27,29). The number of carbonyl (C=O) groups excluding carboxylic acids is 2. The molecule has 4 rings (SSSR count). The van der Waals surface area contributed by atoms with Crippen LogP contribution in [0, 0.1) is 0 Å². The molecule has 154 valence electrons. The molecule has 3 N–H and O–H groups in total. The van der Waals surface area contributed by atoms with E-state index in [2.05, 4.69) is 15.8 Å². The minimum atomic E-state index is -0.523. The van der Waals surface area contributed by atoms with Gasteiger partial charge in [0.2, 0.25) is 0 Å². The van der Waals surface area contributed by atoms with E-state index < -0.39 is 5.91 Å². The summed E-state index contributed by atoms with van der Waals surface area (Å²) >= 11 is 0. The minimum Gasteiger partial charge on any atom is -0.507 e. The molecule has 0 unspecified atom stereocenters. The van der Waals surface area contributed by atoms with Gasteiger partial charge >= 0.3 is 0 Å². The fourth-order valence-electron chi connectivity index (χ4n) is 3.09. The topological polar surface area (TPSA) is 104 Å². The van der Waals surface area contributed by atoms with E-state index >= 15 is 0 Å². The highest BCUT2D eigenvalue weighted by atomic mass is 16.3. The van der Waals surface area contributed by atoms with Gasteiger partial charge in [-0.3, -0.25) is 9.59 Å². The van der Waals surface area contributed by atoms with Gasteiger partial charge in [-0.1, -0.05) is 36.4 Å². The maximum Gasteiger partial charge on any atom is 0.291 e. The van der Waals surface area contributed by atoms with Gasteiger partial charge in [-0.15, -0.1) is 0 Å². The quantitative estimate of drug-likeness (QED) is 0.330. The highest BCUT2D eigenvalue weighted by Gasteiger charge is 2.13. The van der Waals surface area contributed by atoms with E-state index in [0.717, 1.165) is 10.8 Å². The lowest BCUT2D eigenvalue weighted by Crippen LogP contribution is -2.19. The van der Waals surface area contributed by atoms with Crippen molar-refractivity contribution in [2.75, 3.05) is 5.32 Å². The van der Waals surface area contributed by atoms with E-state index in [1.807, 2.05) is 24.3 Å². The van der Waals surface area contributed by atoms with Crippen LogP contribution in [0.25, 0.3) is 10.8 Å². The van der Waals surface area contributed by atoms with Crippen LogP contribution in [0.15, 0.2) is 88.6 Å². The first kappa shape index (κ1) is 19.9. The van der Waals surface area contributed by atoms with E-state index in [1.165, 1.54) is 6.26 Å². The van der Waals surface area contributed by atoms with Crippen LogP contribution in [0.4, 0.5) is 5.69 Å². The lowest BCUT2D eigenvalue weighted by atomic mass is 10.1. The van der Waals surface area contributed by atoms with Crippen molar-refractivity contribution in [1.29, 1.82) is 0 Å². The Hall–Kier alpha value is -4.39. The summed E-state index contributed by atoms with van der Waals surface area (Å²) < 4.78 is 5.08. The summed E-state index contributed by atoms with van der Waals surface area (Å²) in [5.74, 6) is -0.799. The van der Waals surface area contributed by atoms with Crippen LogP contribution in [0.5, 0.6) is 5.75 Å². The van der Waals surface area contributed by atoms with E-state index in [1.54, 1.807) is 55.5 Å². The van der Waals surface area contributed by atoms with Gasteiger partial charge in [0.25, 0.3) is 11.8 Å². The van der Waals surface area contributed by atoms with Crippen molar-refractivity contribution >= 4 is 34.0 Å². The smallest absolute Gasteiger partial charge is 0.291 e. The summed E-state index contributed by atoms with van der Waals surface area (Å²) in [7, 11) is 0. The number of hydrogen-bond donors (Lipinski definition) is 3. The minimum absolute atomic E-state index is 0.119. The van der Waals surface area contributed by atoms with Gasteiger partial charge in [0.05, 0.1) is 17.5 Å². The SMILES string of the molecule is CC(=NNC(=O)c1cc2ccccc2cc1O)c1cccc(NC(=O)c2ccco2)c1. The number of amides is 2. The molecule has 0 aliphatic rings. The van der Waals surface area contributed by atoms with Crippen LogP contribution in [-0.2, 0) is 0 Å². The van der Waals surface area contributed by atoms with Crippen LogP contribution in [0.3, 0.4) is 0 Å². The van der Waals surface area contributed by atoms with Gasteiger partial charge < -0.3 is 14.8 Å².